The number of hydrogen-bond acceptors (Lipinski definition) is 1. The van der Waals surface area contributed by atoms with E-state index < -0.39 is 0 Å². The van der Waals surface area contributed by atoms with Crippen molar-refractivity contribution in [3.63, 3.8) is 0 Å². The zero-order chi connectivity index (χ0) is 13.5. The number of nitrogens with zero attached hydrogens (tertiary/aromatic N) is 1. The Kier molecular flexibility index (Phi) is 5.63. The van der Waals surface area contributed by atoms with Gasteiger partial charge in [0.25, 0.3) is 0 Å². The smallest absolute Gasteiger partial charge is 0.226 e. The molecule has 0 bridgehead atoms. The second-order valence-electron chi connectivity index (χ2n) is 4.68. The Bertz CT molecular complexity index is 385. The summed E-state index contributed by atoms with van der Waals surface area (Å²) in [4.78, 5) is 14.3. The monoisotopic (exact) mass is 245 g/mol. The number of carbonyl (C=O) groups excluding carboxylic acids is 1. The van der Waals surface area contributed by atoms with E-state index in [9.17, 15) is 4.79 Å². The van der Waals surface area contributed by atoms with Crippen LogP contribution in [0.15, 0.2) is 43.0 Å². The lowest BCUT2D eigenvalue weighted by Crippen LogP contribution is -2.37. The Morgan fingerprint density at radius 3 is 2.44 bits per heavy atom. The predicted molar refractivity (Wildman–Crippen MR) is 76.2 cm³/mol. The molecule has 0 heterocycles. The van der Waals surface area contributed by atoms with Crippen LogP contribution in [0.2, 0.25) is 0 Å². The molecule has 0 radical (unpaired) electrons. The van der Waals surface area contributed by atoms with Crippen LogP contribution >= 0.6 is 0 Å². The maximum atomic E-state index is 12.4. The molecule has 0 fully saturated rings. The van der Waals surface area contributed by atoms with E-state index in [0.717, 1.165) is 12.0 Å². The first kappa shape index (κ1) is 14.5. The van der Waals surface area contributed by atoms with Crippen molar-refractivity contribution in [2.24, 2.45) is 5.92 Å². The van der Waals surface area contributed by atoms with E-state index in [1.165, 1.54) is 0 Å². The van der Waals surface area contributed by atoms with E-state index >= 15 is 0 Å². The Morgan fingerprint density at radius 1 is 1.33 bits per heavy atom. The highest BCUT2D eigenvalue weighted by molar-refractivity contribution is 5.79. The van der Waals surface area contributed by atoms with Gasteiger partial charge in [-0.15, -0.1) is 6.58 Å². The van der Waals surface area contributed by atoms with Crippen molar-refractivity contribution in [1.82, 2.24) is 4.90 Å². The lowest BCUT2D eigenvalue weighted by Gasteiger charge is -2.30. The Balaban J connectivity index is 2.91. The van der Waals surface area contributed by atoms with Crippen molar-refractivity contribution >= 4 is 5.91 Å². The highest BCUT2D eigenvalue weighted by Gasteiger charge is 2.23. The third-order valence-corrected chi connectivity index (χ3v) is 3.39. The summed E-state index contributed by atoms with van der Waals surface area (Å²) in [6, 6.07) is 10.2. The molecule has 0 spiro atoms. The molecule has 1 rings (SSSR count). The predicted octanol–water partition coefficient (Wildman–Crippen LogP) is 3.81. The molecular weight excluding hydrogens is 222 g/mol. The first-order chi connectivity index (χ1) is 8.61. The first-order valence-electron chi connectivity index (χ1n) is 6.58. The fraction of sp³-hybridized carbons (Fsp3) is 0.438. The SMILES string of the molecule is C=CCN(C(=O)[C@@H](C)CC)[C@@H](C)c1ccccc1. The van der Waals surface area contributed by atoms with Crippen LogP contribution in [0.3, 0.4) is 0 Å². The van der Waals surface area contributed by atoms with Crippen molar-refractivity contribution in [3.05, 3.63) is 48.6 Å². The highest BCUT2D eigenvalue weighted by Crippen LogP contribution is 2.22. The van der Waals surface area contributed by atoms with Crippen LogP contribution in [0.4, 0.5) is 0 Å². The van der Waals surface area contributed by atoms with E-state index in [1.807, 2.05) is 36.9 Å². The van der Waals surface area contributed by atoms with Crippen molar-refractivity contribution in [2.45, 2.75) is 33.2 Å². The van der Waals surface area contributed by atoms with Crippen LogP contribution in [0.1, 0.15) is 38.8 Å². The molecule has 0 saturated carbocycles. The molecule has 0 saturated heterocycles. The van der Waals surface area contributed by atoms with E-state index in [-0.39, 0.29) is 17.9 Å². The number of rotatable bonds is 6. The maximum Gasteiger partial charge on any atom is 0.226 e. The molecule has 1 aromatic carbocycles. The quantitative estimate of drug-likeness (QED) is 0.698. The first-order valence-corrected chi connectivity index (χ1v) is 6.58. The summed E-state index contributed by atoms with van der Waals surface area (Å²) in [5.74, 6) is 0.268. The molecule has 0 N–H and O–H groups in total. The Morgan fingerprint density at radius 2 is 1.94 bits per heavy atom. The standard InChI is InChI=1S/C16H23NO/c1-5-12-17(16(18)13(3)6-2)14(4)15-10-8-7-9-11-15/h5,7-11,13-14H,1,6,12H2,2-4H3/t13-,14-/m0/s1. The van der Waals surface area contributed by atoms with Gasteiger partial charge in [0, 0.05) is 12.5 Å². The number of benzene rings is 1. The van der Waals surface area contributed by atoms with Crippen LogP contribution in [-0.4, -0.2) is 17.4 Å². The molecule has 0 aliphatic heterocycles. The largest absolute Gasteiger partial charge is 0.332 e. The molecule has 0 aromatic heterocycles. The summed E-state index contributed by atoms with van der Waals surface area (Å²) in [7, 11) is 0. The van der Waals surface area contributed by atoms with Gasteiger partial charge in [0.05, 0.1) is 6.04 Å². The van der Waals surface area contributed by atoms with Crippen molar-refractivity contribution < 1.29 is 4.79 Å². The molecule has 0 unspecified atom stereocenters. The number of amides is 1. The molecule has 2 atom stereocenters. The topological polar surface area (TPSA) is 20.3 Å². The van der Waals surface area contributed by atoms with E-state index in [4.69, 9.17) is 0 Å². The number of carbonyl (C=O) groups is 1. The summed E-state index contributed by atoms with van der Waals surface area (Å²) in [5, 5.41) is 0. The maximum absolute atomic E-state index is 12.4. The van der Waals surface area contributed by atoms with Crippen LogP contribution in [0.25, 0.3) is 0 Å². The molecule has 0 aliphatic carbocycles. The number of hydrogen-bond donors (Lipinski definition) is 0. The molecule has 1 aromatic rings. The molecule has 0 aliphatic rings. The third kappa shape index (κ3) is 3.46. The van der Waals surface area contributed by atoms with Crippen LogP contribution < -0.4 is 0 Å². The summed E-state index contributed by atoms with van der Waals surface area (Å²) in [5.41, 5.74) is 1.16. The minimum absolute atomic E-state index is 0.0658. The van der Waals surface area contributed by atoms with Gasteiger partial charge in [0.2, 0.25) is 5.91 Å². The van der Waals surface area contributed by atoms with E-state index in [2.05, 4.69) is 25.6 Å². The van der Waals surface area contributed by atoms with Gasteiger partial charge < -0.3 is 4.90 Å². The summed E-state index contributed by atoms with van der Waals surface area (Å²) < 4.78 is 0. The lowest BCUT2D eigenvalue weighted by atomic mass is 10.0. The van der Waals surface area contributed by atoms with Gasteiger partial charge in [-0.2, -0.15) is 0 Å². The van der Waals surface area contributed by atoms with Gasteiger partial charge in [0.15, 0.2) is 0 Å². The van der Waals surface area contributed by atoms with Gasteiger partial charge in [-0.3, -0.25) is 4.79 Å². The second-order valence-corrected chi connectivity index (χ2v) is 4.68. The van der Waals surface area contributed by atoms with Crippen LogP contribution in [-0.2, 0) is 4.79 Å². The normalized spacial score (nSPS) is 13.7. The zero-order valence-electron chi connectivity index (χ0n) is 11.6. The van der Waals surface area contributed by atoms with Gasteiger partial charge in [-0.1, -0.05) is 50.3 Å². The van der Waals surface area contributed by atoms with Crippen molar-refractivity contribution in [1.29, 1.82) is 0 Å². The van der Waals surface area contributed by atoms with Gasteiger partial charge >= 0.3 is 0 Å². The molecular formula is C16H23NO. The zero-order valence-corrected chi connectivity index (χ0v) is 11.6. The van der Waals surface area contributed by atoms with Gasteiger partial charge in [0.1, 0.15) is 0 Å². The second kappa shape index (κ2) is 7.00. The molecule has 2 heteroatoms. The average Bonchev–Trinajstić information content (AvgIpc) is 2.43. The average molecular weight is 245 g/mol. The summed E-state index contributed by atoms with van der Waals surface area (Å²) >= 11 is 0. The van der Waals surface area contributed by atoms with Crippen molar-refractivity contribution in [3.8, 4) is 0 Å². The molecule has 2 nitrogen and oxygen atoms in total. The van der Waals surface area contributed by atoms with E-state index in [1.54, 1.807) is 6.08 Å². The molecule has 18 heavy (non-hydrogen) atoms. The minimum atomic E-state index is 0.0658. The summed E-state index contributed by atoms with van der Waals surface area (Å²) in [6.07, 6.45) is 2.66. The van der Waals surface area contributed by atoms with Gasteiger partial charge in [-0.25, -0.2) is 0 Å². The Labute approximate surface area is 110 Å². The summed E-state index contributed by atoms with van der Waals surface area (Å²) in [6.45, 7) is 10.4. The minimum Gasteiger partial charge on any atom is -0.332 e. The van der Waals surface area contributed by atoms with E-state index in [0.29, 0.717) is 6.54 Å². The molecule has 98 valence electrons. The fourth-order valence-electron chi connectivity index (χ4n) is 1.95. The van der Waals surface area contributed by atoms with Crippen molar-refractivity contribution in [2.75, 3.05) is 6.54 Å². The highest BCUT2D eigenvalue weighted by atomic mass is 16.2. The third-order valence-electron chi connectivity index (χ3n) is 3.39. The fourth-order valence-corrected chi connectivity index (χ4v) is 1.95. The Hall–Kier alpha value is -1.57. The van der Waals surface area contributed by atoms with Gasteiger partial charge in [-0.05, 0) is 18.9 Å². The lowest BCUT2D eigenvalue weighted by molar-refractivity contribution is -0.136. The van der Waals surface area contributed by atoms with Crippen LogP contribution in [0, 0.1) is 5.92 Å². The molecule has 1 amide bonds. The van der Waals surface area contributed by atoms with Crippen LogP contribution in [0.5, 0.6) is 0 Å².